The monoisotopic (exact) mass is 271 g/mol. The molecular weight excluding hydrogens is 258 g/mol. The molecule has 1 aromatic rings. The predicted octanol–water partition coefficient (Wildman–Crippen LogP) is 1.18. The van der Waals surface area contributed by atoms with Gasteiger partial charge in [-0.15, -0.1) is 0 Å². The SMILES string of the molecule is CNCCCNC(=O)c1ncccc1Br. The number of aromatic nitrogens is 1. The molecular formula is C10H14BrN3O. The highest BCUT2D eigenvalue weighted by Crippen LogP contribution is 2.12. The quantitative estimate of drug-likeness (QED) is 0.791. The summed E-state index contributed by atoms with van der Waals surface area (Å²) in [6.45, 7) is 1.55. The van der Waals surface area contributed by atoms with Gasteiger partial charge in [0.1, 0.15) is 5.69 Å². The first-order valence-electron chi connectivity index (χ1n) is 4.79. The smallest absolute Gasteiger partial charge is 0.271 e. The van der Waals surface area contributed by atoms with Crippen molar-refractivity contribution in [1.29, 1.82) is 0 Å². The second-order valence-electron chi connectivity index (χ2n) is 3.05. The van der Waals surface area contributed by atoms with E-state index in [1.807, 2.05) is 7.05 Å². The lowest BCUT2D eigenvalue weighted by atomic mass is 10.3. The van der Waals surface area contributed by atoms with E-state index in [0.717, 1.165) is 17.4 Å². The van der Waals surface area contributed by atoms with Crippen LogP contribution in [0.4, 0.5) is 0 Å². The van der Waals surface area contributed by atoms with Crippen molar-refractivity contribution in [3.63, 3.8) is 0 Å². The highest BCUT2D eigenvalue weighted by Gasteiger charge is 2.09. The first-order valence-corrected chi connectivity index (χ1v) is 5.58. The zero-order chi connectivity index (χ0) is 11.1. The highest BCUT2D eigenvalue weighted by atomic mass is 79.9. The molecule has 1 aromatic heterocycles. The van der Waals surface area contributed by atoms with Gasteiger partial charge < -0.3 is 10.6 Å². The van der Waals surface area contributed by atoms with Crippen LogP contribution >= 0.6 is 15.9 Å². The Hall–Kier alpha value is -0.940. The summed E-state index contributed by atoms with van der Waals surface area (Å²) in [7, 11) is 1.89. The van der Waals surface area contributed by atoms with E-state index in [-0.39, 0.29) is 5.91 Å². The Bertz CT molecular complexity index is 330. The van der Waals surface area contributed by atoms with E-state index in [9.17, 15) is 4.79 Å². The Kier molecular flexibility index (Phi) is 5.28. The van der Waals surface area contributed by atoms with E-state index in [1.54, 1.807) is 18.3 Å². The van der Waals surface area contributed by atoms with Crippen molar-refractivity contribution >= 4 is 21.8 Å². The fraction of sp³-hybridized carbons (Fsp3) is 0.400. The molecule has 0 unspecified atom stereocenters. The topological polar surface area (TPSA) is 54.0 Å². The maximum absolute atomic E-state index is 11.6. The second kappa shape index (κ2) is 6.53. The number of halogens is 1. The van der Waals surface area contributed by atoms with Crippen molar-refractivity contribution in [2.45, 2.75) is 6.42 Å². The van der Waals surface area contributed by atoms with Gasteiger partial charge in [-0.1, -0.05) is 0 Å². The van der Waals surface area contributed by atoms with E-state index in [2.05, 4.69) is 31.5 Å². The van der Waals surface area contributed by atoms with Crippen LogP contribution in [0.2, 0.25) is 0 Å². The van der Waals surface area contributed by atoms with E-state index < -0.39 is 0 Å². The molecule has 0 bridgehead atoms. The summed E-state index contributed by atoms with van der Waals surface area (Å²) in [5.41, 5.74) is 0.432. The zero-order valence-corrected chi connectivity index (χ0v) is 10.2. The van der Waals surface area contributed by atoms with Crippen molar-refractivity contribution in [2.75, 3.05) is 20.1 Å². The van der Waals surface area contributed by atoms with E-state index in [0.29, 0.717) is 12.2 Å². The van der Waals surface area contributed by atoms with Crippen LogP contribution in [0, 0.1) is 0 Å². The van der Waals surface area contributed by atoms with Gasteiger partial charge in [-0.25, -0.2) is 4.98 Å². The summed E-state index contributed by atoms with van der Waals surface area (Å²) in [6.07, 6.45) is 2.51. The summed E-state index contributed by atoms with van der Waals surface area (Å²) < 4.78 is 0.719. The summed E-state index contributed by atoms with van der Waals surface area (Å²) in [5.74, 6) is -0.140. The average Bonchev–Trinajstić information content (AvgIpc) is 2.25. The lowest BCUT2D eigenvalue weighted by Crippen LogP contribution is -2.27. The Balaban J connectivity index is 2.44. The maximum atomic E-state index is 11.6. The molecule has 82 valence electrons. The summed E-state index contributed by atoms with van der Waals surface area (Å²) >= 11 is 3.28. The normalized spacial score (nSPS) is 10.0. The molecule has 0 aliphatic carbocycles. The van der Waals surface area contributed by atoms with Gasteiger partial charge in [-0.05, 0) is 48.1 Å². The Morgan fingerprint density at radius 2 is 2.33 bits per heavy atom. The Morgan fingerprint density at radius 3 is 3.00 bits per heavy atom. The van der Waals surface area contributed by atoms with E-state index >= 15 is 0 Å². The predicted molar refractivity (Wildman–Crippen MR) is 62.8 cm³/mol. The van der Waals surface area contributed by atoms with Crippen LogP contribution in [0.3, 0.4) is 0 Å². The lowest BCUT2D eigenvalue weighted by Gasteiger charge is -2.05. The zero-order valence-electron chi connectivity index (χ0n) is 8.59. The molecule has 15 heavy (non-hydrogen) atoms. The van der Waals surface area contributed by atoms with Crippen LogP contribution < -0.4 is 10.6 Å². The number of pyridine rings is 1. The standard InChI is InChI=1S/C10H14BrN3O/c1-12-5-3-7-14-10(15)9-8(11)4-2-6-13-9/h2,4,6,12H,3,5,7H2,1H3,(H,14,15). The van der Waals surface area contributed by atoms with E-state index in [4.69, 9.17) is 0 Å². The molecule has 1 heterocycles. The fourth-order valence-electron chi connectivity index (χ4n) is 1.10. The molecule has 1 amide bonds. The molecule has 2 N–H and O–H groups in total. The molecule has 0 atom stereocenters. The van der Waals surface area contributed by atoms with Crippen LogP contribution in [0.15, 0.2) is 22.8 Å². The van der Waals surface area contributed by atoms with Crippen LogP contribution in [-0.2, 0) is 0 Å². The van der Waals surface area contributed by atoms with Crippen molar-refractivity contribution in [3.05, 3.63) is 28.5 Å². The molecule has 0 saturated carbocycles. The number of rotatable bonds is 5. The third kappa shape index (κ3) is 3.97. The molecule has 0 spiro atoms. The van der Waals surface area contributed by atoms with Gasteiger partial charge >= 0.3 is 0 Å². The number of carbonyl (C=O) groups excluding carboxylic acids is 1. The Labute approximate surface area is 97.6 Å². The first kappa shape index (κ1) is 12.1. The van der Waals surface area contributed by atoms with Crippen LogP contribution in [0.5, 0.6) is 0 Å². The van der Waals surface area contributed by atoms with E-state index in [1.165, 1.54) is 0 Å². The molecule has 0 saturated heterocycles. The van der Waals surface area contributed by atoms with Gasteiger partial charge in [-0.2, -0.15) is 0 Å². The number of amides is 1. The minimum atomic E-state index is -0.140. The van der Waals surface area contributed by atoms with Gasteiger partial charge in [0.25, 0.3) is 5.91 Å². The number of hydrogen-bond acceptors (Lipinski definition) is 3. The van der Waals surface area contributed by atoms with Crippen LogP contribution in [0.1, 0.15) is 16.9 Å². The molecule has 0 radical (unpaired) electrons. The minimum Gasteiger partial charge on any atom is -0.351 e. The summed E-state index contributed by atoms with van der Waals surface area (Å²) in [6, 6.07) is 3.58. The molecule has 0 aliphatic heterocycles. The largest absolute Gasteiger partial charge is 0.351 e. The van der Waals surface area contributed by atoms with Gasteiger partial charge in [0.15, 0.2) is 0 Å². The lowest BCUT2D eigenvalue weighted by molar-refractivity contribution is 0.0947. The number of nitrogens with one attached hydrogen (secondary N) is 2. The third-order valence-corrected chi connectivity index (χ3v) is 2.50. The minimum absolute atomic E-state index is 0.140. The second-order valence-corrected chi connectivity index (χ2v) is 3.90. The summed E-state index contributed by atoms with van der Waals surface area (Å²) in [5, 5.41) is 5.82. The van der Waals surface area contributed by atoms with Gasteiger partial charge in [0, 0.05) is 17.2 Å². The molecule has 1 rings (SSSR count). The van der Waals surface area contributed by atoms with Crippen molar-refractivity contribution in [2.24, 2.45) is 0 Å². The molecule has 5 heteroatoms. The number of carbonyl (C=O) groups is 1. The fourth-order valence-corrected chi connectivity index (χ4v) is 1.54. The third-order valence-electron chi connectivity index (χ3n) is 1.86. The average molecular weight is 272 g/mol. The summed E-state index contributed by atoms with van der Waals surface area (Å²) in [4.78, 5) is 15.6. The van der Waals surface area contributed by atoms with Gasteiger partial charge in [-0.3, -0.25) is 4.79 Å². The highest BCUT2D eigenvalue weighted by molar-refractivity contribution is 9.10. The first-order chi connectivity index (χ1) is 7.25. The molecule has 4 nitrogen and oxygen atoms in total. The molecule has 0 aliphatic rings. The van der Waals surface area contributed by atoms with Crippen LogP contribution in [0.25, 0.3) is 0 Å². The molecule has 0 fully saturated rings. The van der Waals surface area contributed by atoms with Gasteiger partial charge in [0.05, 0.1) is 0 Å². The van der Waals surface area contributed by atoms with Crippen molar-refractivity contribution in [3.8, 4) is 0 Å². The molecule has 0 aromatic carbocycles. The Morgan fingerprint density at radius 1 is 1.53 bits per heavy atom. The number of hydrogen-bond donors (Lipinski definition) is 2. The number of nitrogens with zero attached hydrogens (tertiary/aromatic N) is 1. The van der Waals surface area contributed by atoms with Gasteiger partial charge in [0.2, 0.25) is 0 Å². The maximum Gasteiger partial charge on any atom is 0.271 e. The van der Waals surface area contributed by atoms with Crippen molar-refractivity contribution < 1.29 is 4.79 Å². The van der Waals surface area contributed by atoms with Crippen LogP contribution in [-0.4, -0.2) is 31.0 Å². The van der Waals surface area contributed by atoms with Crippen molar-refractivity contribution in [1.82, 2.24) is 15.6 Å².